The molecule has 1 amide bonds. The smallest absolute Gasteiger partial charge is 0.238 e. The molecule has 0 aliphatic carbocycles. The van der Waals surface area contributed by atoms with Gasteiger partial charge in [0.2, 0.25) is 5.91 Å². The molecular weight excluding hydrogens is 296 g/mol. The number of nitrogens with zero attached hydrogens (tertiary/aromatic N) is 1. The van der Waals surface area contributed by atoms with Crippen molar-refractivity contribution in [1.29, 1.82) is 0 Å². The van der Waals surface area contributed by atoms with Gasteiger partial charge in [-0.2, -0.15) is 0 Å². The molecule has 1 aromatic heterocycles. The van der Waals surface area contributed by atoms with Crippen LogP contribution in [0.4, 0.5) is 5.69 Å². The first-order chi connectivity index (χ1) is 10.5. The molecule has 116 valence electrons. The minimum absolute atomic E-state index is 0.0126. The minimum atomic E-state index is -0.0857. The van der Waals surface area contributed by atoms with Crippen molar-refractivity contribution >= 4 is 28.7 Å². The monoisotopic (exact) mass is 316 g/mol. The maximum absolute atomic E-state index is 12.1. The summed E-state index contributed by atoms with van der Waals surface area (Å²) >= 11 is 1.70. The number of likely N-dealkylation sites (N-methyl/N-ethyl adjacent to an activating group) is 1. The van der Waals surface area contributed by atoms with Crippen LogP contribution in [0.15, 0.2) is 35.7 Å². The molecule has 0 bridgehead atoms. The van der Waals surface area contributed by atoms with Gasteiger partial charge in [-0.15, -0.1) is 11.3 Å². The Morgan fingerprint density at radius 2 is 2.05 bits per heavy atom. The summed E-state index contributed by atoms with van der Waals surface area (Å²) in [5, 5.41) is 4.89. The van der Waals surface area contributed by atoms with Crippen molar-refractivity contribution in [2.75, 3.05) is 18.9 Å². The van der Waals surface area contributed by atoms with Crippen molar-refractivity contribution < 1.29 is 9.59 Å². The Morgan fingerprint density at radius 1 is 1.27 bits per heavy atom. The van der Waals surface area contributed by atoms with Crippen LogP contribution in [0.25, 0.3) is 0 Å². The number of Topliss-reactive ketones (excluding diaryl/α,β-unsaturated/α-hetero) is 1. The highest BCUT2D eigenvalue weighted by Gasteiger charge is 2.10. The molecule has 0 saturated carbocycles. The van der Waals surface area contributed by atoms with Gasteiger partial charge in [-0.05, 0) is 50.0 Å². The molecule has 4 nitrogen and oxygen atoms in total. The third-order valence-electron chi connectivity index (χ3n) is 3.35. The molecule has 2 aromatic rings. The normalized spacial score (nSPS) is 10.7. The fraction of sp³-hybridized carbons (Fsp3) is 0.294. The second-order valence-corrected chi connectivity index (χ2v) is 6.38. The van der Waals surface area contributed by atoms with Gasteiger partial charge in [-0.1, -0.05) is 12.1 Å². The number of anilines is 1. The molecule has 0 atom stereocenters. The van der Waals surface area contributed by atoms with Crippen LogP contribution < -0.4 is 5.32 Å². The lowest BCUT2D eigenvalue weighted by molar-refractivity contribution is -0.117. The maximum atomic E-state index is 12.1. The molecule has 0 aliphatic rings. The zero-order chi connectivity index (χ0) is 16.1. The van der Waals surface area contributed by atoms with Gasteiger partial charge < -0.3 is 5.32 Å². The summed E-state index contributed by atoms with van der Waals surface area (Å²) in [6, 6.07) is 9.08. The lowest BCUT2D eigenvalue weighted by Gasteiger charge is -2.16. The van der Waals surface area contributed by atoms with Gasteiger partial charge in [0.25, 0.3) is 0 Å². The van der Waals surface area contributed by atoms with Crippen molar-refractivity contribution in [2.45, 2.75) is 20.4 Å². The number of nitrogens with one attached hydrogen (secondary N) is 1. The number of hydrogen-bond donors (Lipinski definition) is 1. The van der Waals surface area contributed by atoms with Crippen LogP contribution in [-0.4, -0.2) is 30.2 Å². The zero-order valence-corrected chi connectivity index (χ0v) is 13.9. The average Bonchev–Trinajstić information content (AvgIpc) is 2.84. The Hall–Kier alpha value is -1.98. The van der Waals surface area contributed by atoms with Crippen molar-refractivity contribution in [1.82, 2.24) is 4.90 Å². The molecule has 1 heterocycles. The highest BCUT2D eigenvalue weighted by atomic mass is 32.1. The van der Waals surface area contributed by atoms with Crippen LogP contribution in [0, 0.1) is 6.92 Å². The summed E-state index contributed by atoms with van der Waals surface area (Å²) in [7, 11) is 1.92. The Morgan fingerprint density at radius 3 is 2.68 bits per heavy atom. The lowest BCUT2D eigenvalue weighted by atomic mass is 10.1. The van der Waals surface area contributed by atoms with Gasteiger partial charge in [-0.3, -0.25) is 14.5 Å². The van der Waals surface area contributed by atoms with Gasteiger partial charge >= 0.3 is 0 Å². The maximum Gasteiger partial charge on any atom is 0.238 e. The van der Waals surface area contributed by atoms with Gasteiger partial charge in [0.1, 0.15) is 0 Å². The predicted molar refractivity (Wildman–Crippen MR) is 90.5 cm³/mol. The first kappa shape index (κ1) is 16.4. The Balaban J connectivity index is 1.91. The first-order valence-corrected chi connectivity index (χ1v) is 7.96. The van der Waals surface area contributed by atoms with Crippen molar-refractivity contribution in [3.05, 3.63) is 51.7 Å². The van der Waals surface area contributed by atoms with E-state index in [9.17, 15) is 9.59 Å². The molecule has 0 radical (unpaired) electrons. The van der Waals surface area contributed by atoms with Crippen LogP contribution in [0.3, 0.4) is 0 Å². The quantitative estimate of drug-likeness (QED) is 0.832. The SMILES string of the molecule is CC(=O)c1cccc(NC(=O)CN(C)Cc2sccc2C)c1. The molecular formula is C17H20N2O2S. The highest BCUT2D eigenvalue weighted by molar-refractivity contribution is 7.10. The Kier molecular flexibility index (Phi) is 5.46. The second kappa shape index (κ2) is 7.33. The van der Waals surface area contributed by atoms with Gasteiger partial charge in [0.05, 0.1) is 6.54 Å². The largest absolute Gasteiger partial charge is 0.325 e. The Labute approximate surface area is 134 Å². The summed E-state index contributed by atoms with van der Waals surface area (Å²) < 4.78 is 0. The van der Waals surface area contributed by atoms with Crippen LogP contribution >= 0.6 is 11.3 Å². The molecule has 2 rings (SSSR count). The summed E-state index contributed by atoms with van der Waals surface area (Å²) in [6.07, 6.45) is 0. The van der Waals surface area contributed by atoms with E-state index in [4.69, 9.17) is 0 Å². The third-order valence-corrected chi connectivity index (χ3v) is 4.36. The fourth-order valence-corrected chi connectivity index (χ4v) is 3.11. The van der Waals surface area contributed by atoms with Gasteiger partial charge in [-0.25, -0.2) is 0 Å². The summed E-state index contributed by atoms with van der Waals surface area (Å²) in [4.78, 5) is 26.7. The van der Waals surface area contributed by atoms with Gasteiger partial charge in [0.15, 0.2) is 5.78 Å². The standard InChI is InChI=1S/C17H20N2O2S/c1-12-7-8-22-16(12)10-19(3)11-17(21)18-15-6-4-5-14(9-15)13(2)20/h4-9H,10-11H2,1-3H3,(H,18,21). The van der Waals surface area contributed by atoms with E-state index in [1.165, 1.54) is 17.4 Å². The van der Waals surface area contributed by atoms with Crippen LogP contribution in [0.2, 0.25) is 0 Å². The molecule has 0 unspecified atom stereocenters. The van der Waals surface area contributed by atoms with Crippen molar-refractivity contribution in [2.24, 2.45) is 0 Å². The van der Waals surface area contributed by atoms with Crippen molar-refractivity contribution in [3.63, 3.8) is 0 Å². The van der Waals surface area contributed by atoms with E-state index in [0.717, 1.165) is 6.54 Å². The highest BCUT2D eigenvalue weighted by Crippen LogP contribution is 2.17. The second-order valence-electron chi connectivity index (χ2n) is 5.38. The van der Waals surface area contributed by atoms with E-state index in [1.807, 2.05) is 11.9 Å². The van der Waals surface area contributed by atoms with E-state index in [-0.39, 0.29) is 11.7 Å². The molecule has 0 spiro atoms. The molecule has 0 saturated heterocycles. The minimum Gasteiger partial charge on any atom is -0.325 e. The summed E-state index contributed by atoms with van der Waals surface area (Å²) in [5.41, 5.74) is 2.50. The van der Waals surface area contributed by atoms with E-state index in [1.54, 1.807) is 35.6 Å². The predicted octanol–water partition coefficient (Wildman–Crippen LogP) is 3.33. The number of amides is 1. The van der Waals surface area contributed by atoms with Gasteiger partial charge in [0, 0.05) is 22.7 Å². The zero-order valence-electron chi connectivity index (χ0n) is 13.1. The van der Waals surface area contributed by atoms with E-state index in [2.05, 4.69) is 23.7 Å². The van der Waals surface area contributed by atoms with Crippen LogP contribution in [0.5, 0.6) is 0 Å². The molecule has 0 aliphatic heterocycles. The number of rotatable bonds is 6. The summed E-state index contributed by atoms with van der Waals surface area (Å²) in [6.45, 7) is 4.65. The number of thiophene rings is 1. The lowest BCUT2D eigenvalue weighted by Crippen LogP contribution is -2.29. The summed E-state index contributed by atoms with van der Waals surface area (Å²) in [5.74, 6) is -0.0983. The number of aryl methyl sites for hydroxylation is 1. The average molecular weight is 316 g/mol. The topological polar surface area (TPSA) is 49.4 Å². The molecule has 1 aromatic carbocycles. The number of hydrogen-bond acceptors (Lipinski definition) is 4. The van der Waals surface area contributed by atoms with E-state index >= 15 is 0 Å². The molecule has 22 heavy (non-hydrogen) atoms. The third kappa shape index (κ3) is 4.51. The molecule has 5 heteroatoms. The van der Waals surface area contributed by atoms with Crippen LogP contribution in [0.1, 0.15) is 27.7 Å². The number of benzene rings is 1. The van der Waals surface area contributed by atoms with E-state index in [0.29, 0.717) is 17.8 Å². The number of carbonyl (C=O) groups excluding carboxylic acids is 2. The first-order valence-electron chi connectivity index (χ1n) is 7.08. The van der Waals surface area contributed by atoms with Crippen LogP contribution in [-0.2, 0) is 11.3 Å². The number of carbonyl (C=O) groups is 2. The molecule has 0 fully saturated rings. The number of ketones is 1. The van der Waals surface area contributed by atoms with Crippen molar-refractivity contribution in [3.8, 4) is 0 Å². The van der Waals surface area contributed by atoms with E-state index < -0.39 is 0 Å². The Bertz CT molecular complexity index is 679. The molecule has 1 N–H and O–H groups in total. The fourth-order valence-electron chi connectivity index (χ4n) is 2.13.